The summed E-state index contributed by atoms with van der Waals surface area (Å²) in [4.78, 5) is 57.1. The average Bonchev–Trinajstić information content (AvgIpc) is 3.27. The molecule has 0 aromatic heterocycles. The first kappa shape index (κ1) is 90.1. The fourth-order valence-electron chi connectivity index (χ4n) is 4.34. The standard InChI is InChI=1S/C14H28O2.C12H24O2.2C11H22O2.C7H14O2.5CH4/c1-5-7-8-9-10-11-12-16-13(15)14(3,4)6-2;1-6-10(3)8-9-14-11(13)12(4,5)7-2;1-6-11(4,5)10(12)13-8-7-9(2)3;1-6-9(7-2)13-10(12)11(4,5)8-3;1-5-7(2,3)6(8)9-4;;;;;/h5-12H2,1-4H3;10H,6-9H2,1-5H3;2*9H,6-8H2,1-5H3;5H2,1-4H3;5*1H4. The number of methoxy groups -OCH3 is 1. The van der Waals surface area contributed by atoms with Crippen LogP contribution in [0.4, 0.5) is 0 Å². The second-order valence-corrected chi connectivity index (χ2v) is 21.2. The van der Waals surface area contributed by atoms with Crippen LogP contribution in [0.3, 0.4) is 0 Å². The summed E-state index contributed by atoms with van der Waals surface area (Å²) < 4.78 is 25.6. The molecule has 0 aliphatic heterocycles. The molecule has 0 rings (SSSR count). The summed E-state index contributed by atoms with van der Waals surface area (Å²) in [6.45, 7) is 45.8. The summed E-state index contributed by atoms with van der Waals surface area (Å²) in [5.41, 5.74) is -1.61. The van der Waals surface area contributed by atoms with Gasteiger partial charge in [0.1, 0.15) is 6.10 Å². The number of ether oxygens (including phenoxy) is 5. The molecule has 0 amide bonds. The first-order chi connectivity index (χ1) is 29.9. The Balaban J connectivity index is -0.0000000797. The van der Waals surface area contributed by atoms with Crippen molar-refractivity contribution >= 4 is 29.8 Å². The molecule has 70 heavy (non-hydrogen) atoms. The predicted octanol–water partition coefficient (Wildman–Crippen LogP) is 18.7. The Morgan fingerprint density at radius 1 is 0.386 bits per heavy atom. The number of carbonyl (C=O) groups is 5. The number of rotatable bonds is 27. The van der Waals surface area contributed by atoms with Crippen molar-refractivity contribution in [3.05, 3.63) is 0 Å². The van der Waals surface area contributed by atoms with Crippen LogP contribution in [0.5, 0.6) is 0 Å². The molecule has 0 aromatic rings. The highest BCUT2D eigenvalue weighted by atomic mass is 16.6. The molecule has 0 bridgehead atoms. The molecular formula is C60H130O10. The maximum atomic E-state index is 11.6. The van der Waals surface area contributed by atoms with Crippen LogP contribution in [0.2, 0.25) is 0 Å². The van der Waals surface area contributed by atoms with Crippen molar-refractivity contribution in [2.75, 3.05) is 26.9 Å². The lowest BCUT2D eigenvalue weighted by molar-refractivity contribution is -0.160. The topological polar surface area (TPSA) is 132 Å². The molecule has 0 N–H and O–H groups in total. The Bertz CT molecular complexity index is 1210. The lowest BCUT2D eigenvalue weighted by Crippen LogP contribution is -2.29. The van der Waals surface area contributed by atoms with Gasteiger partial charge in [0.05, 0.1) is 54.0 Å². The first-order valence-corrected chi connectivity index (χ1v) is 25.7. The smallest absolute Gasteiger partial charge is 0.311 e. The zero-order valence-corrected chi connectivity index (χ0v) is 47.2. The molecule has 1 unspecified atom stereocenters. The van der Waals surface area contributed by atoms with Crippen LogP contribution in [0.15, 0.2) is 0 Å². The van der Waals surface area contributed by atoms with Gasteiger partial charge in [-0.1, -0.05) is 159 Å². The van der Waals surface area contributed by atoms with Crippen molar-refractivity contribution in [1.29, 1.82) is 0 Å². The summed E-state index contributed by atoms with van der Waals surface area (Å²) in [7, 11) is 1.42. The first-order valence-electron chi connectivity index (χ1n) is 25.7. The van der Waals surface area contributed by atoms with Crippen LogP contribution in [0.1, 0.15) is 292 Å². The molecule has 0 aliphatic rings. The number of carbonyl (C=O) groups excluding carboxylic acids is 5. The van der Waals surface area contributed by atoms with Crippen LogP contribution >= 0.6 is 0 Å². The van der Waals surface area contributed by atoms with Gasteiger partial charge in [-0.15, -0.1) is 0 Å². The summed E-state index contributed by atoms with van der Waals surface area (Å²) in [6.07, 6.45) is 16.5. The van der Waals surface area contributed by atoms with Gasteiger partial charge in [-0.05, 0) is 145 Å². The van der Waals surface area contributed by atoms with Gasteiger partial charge >= 0.3 is 29.8 Å². The van der Waals surface area contributed by atoms with Crippen molar-refractivity contribution < 1.29 is 47.7 Å². The molecule has 0 saturated carbocycles. The molecule has 0 aromatic carbocycles. The Morgan fingerprint density at radius 3 is 0.971 bits per heavy atom. The average molecular weight is 1010 g/mol. The minimum Gasteiger partial charge on any atom is -0.469 e. The van der Waals surface area contributed by atoms with Crippen LogP contribution in [0, 0.1) is 38.9 Å². The Kier molecular flexibility index (Phi) is 64.3. The largest absolute Gasteiger partial charge is 0.469 e. The van der Waals surface area contributed by atoms with Crippen molar-refractivity contribution in [1.82, 2.24) is 0 Å². The molecular weight excluding hydrogens is 881 g/mol. The van der Waals surface area contributed by atoms with Gasteiger partial charge in [0.25, 0.3) is 0 Å². The van der Waals surface area contributed by atoms with Gasteiger partial charge in [-0.25, -0.2) is 0 Å². The van der Waals surface area contributed by atoms with E-state index in [9.17, 15) is 24.0 Å². The molecule has 1 atom stereocenters. The third-order valence-electron chi connectivity index (χ3n) is 12.8. The highest BCUT2D eigenvalue weighted by Crippen LogP contribution is 2.25. The molecule has 0 spiro atoms. The van der Waals surface area contributed by atoms with Gasteiger partial charge in [0.15, 0.2) is 0 Å². The summed E-state index contributed by atoms with van der Waals surface area (Å²) in [5.74, 6) is 0.848. The number of hydrogen-bond acceptors (Lipinski definition) is 10. The van der Waals surface area contributed by atoms with Gasteiger partial charge in [0, 0.05) is 0 Å². The van der Waals surface area contributed by atoms with Gasteiger partial charge in [-0.3, -0.25) is 24.0 Å². The lowest BCUT2D eigenvalue weighted by Gasteiger charge is -2.24. The summed E-state index contributed by atoms with van der Waals surface area (Å²) in [5, 5.41) is 0. The Hall–Kier alpha value is -2.65. The second kappa shape index (κ2) is 49.9. The minimum atomic E-state index is -0.331. The van der Waals surface area contributed by atoms with E-state index in [0.717, 1.165) is 70.6 Å². The van der Waals surface area contributed by atoms with Crippen LogP contribution in [-0.2, 0) is 47.7 Å². The van der Waals surface area contributed by atoms with Gasteiger partial charge < -0.3 is 23.7 Å². The third kappa shape index (κ3) is 47.7. The van der Waals surface area contributed by atoms with E-state index in [1.807, 2.05) is 118 Å². The highest BCUT2D eigenvalue weighted by Gasteiger charge is 2.30. The van der Waals surface area contributed by atoms with Gasteiger partial charge in [0.2, 0.25) is 0 Å². The lowest BCUT2D eigenvalue weighted by atomic mass is 9.90. The van der Waals surface area contributed by atoms with Crippen LogP contribution in [-0.4, -0.2) is 62.9 Å². The monoisotopic (exact) mass is 1010 g/mol. The maximum Gasteiger partial charge on any atom is 0.311 e. The van der Waals surface area contributed by atoms with Crippen molar-refractivity contribution in [3.8, 4) is 0 Å². The highest BCUT2D eigenvalue weighted by molar-refractivity contribution is 5.77. The van der Waals surface area contributed by atoms with Crippen molar-refractivity contribution in [2.24, 2.45) is 38.9 Å². The molecule has 0 heterocycles. The van der Waals surface area contributed by atoms with Crippen LogP contribution in [0.25, 0.3) is 0 Å². The zero-order valence-electron chi connectivity index (χ0n) is 47.2. The Labute approximate surface area is 440 Å². The molecule has 0 saturated heterocycles. The normalized spacial score (nSPS) is 11.2. The van der Waals surface area contributed by atoms with E-state index in [2.05, 4.69) is 39.4 Å². The van der Waals surface area contributed by atoms with E-state index in [-0.39, 0.29) is 100 Å². The van der Waals surface area contributed by atoms with E-state index in [4.69, 9.17) is 18.9 Å². The number of esters is 5. The third-order valence-corrected chi connectivity index (χ3v) is 12.8. The summed E-state index contributed by atoms with van der Waals surface area (Å²) in [6, 6.07) is 0. The Morgan fingerprint density at radius 2 is 0.686 bits per heavy atom. The molecule has 10 nitrogen and oxygen atoms in total. The zero-order chi connectivity index (χ0) is 52.1. The summed E-state index contributed by atoms with van der Waals surface area (Å²) >= 11 is 0. The quantitative estimate of drug-likeness (QED) is 0.0445. The van der Waals surface area contributed by atoms with E-state index < -0.39 is 0 Å². The number of unbranched alkanes of at least 4 members (excludes halogenated alkanes) is 5. The maximum absolute atomic E-state index is 11.6. The fraction of sp³-hybridized carbons (Fsp3) is 0.917. The molecule has 0 radical (unpaired) electrons. The second-order valence-electron chi connectivity index (χ2n) is 21.2. The van der Waals surface area contributed by atoms with E-state index in [1.54, 1.807) is 0 Å². The van der Waals surface area contributed by atoms with E-state index in [1.165, 1.54) is 39.2 Å². The van der Waals surface area contributed by atoms with E-state index >= 15 is 0 Å². The van der Waals surface area contributed by atoms with Crippen molar-refractivity contribution in [2.45, 2.75) is 298 Å². The van der Waals surface area contributed by atoms with E-state index in [0.29, 0.717) is 31.7 Å². The van der Waals surface area contributed by atoms with Crippen LogP contribution < -0.4 is 0 Å². The number of hydrogen-bond donors (Lipinski definition) is 0. The van der Waals surface area contributed by atoms with Crippen molar-refractivity contribution in [3.63, 3.8) is 0 Å². The predicted molar refractivity (Wildman–Crippen MR) is 306 cm³/mol. The van der Waals surface area contributed by atoms with Gasteiger partial charge in [-0.2, -0.15) is 0 Å². The fourth-order valence-corrected chi connectivity index (χ4v) is 4.34. The minimum absolute atomic E-state index is 0. The molecule has 10 heteroatoms. The molecule has 0 fully saturated rings. The SMILES string of the molecule is C.C.C.C.C.CCC(C)(C)C(=O)OC.CCC(C)(C)C(=O)OCCC(C)C.CCC(C)CCOC(=O)C(C)(C)CC.CCC(CC)OC(=O)C(C)(C)CC.CCCCCCCCOC(=O)C(C)(C)CC. The molecule has 430 valence electrons. The molecule has 0 aliphatic carbocycles.